The van der Waals surface area contributed by atoms with Crippen molar-refractivity contribution in [1.82, 2.24) is 0 Å². The Kier molecular flexibility index (Phi) is 5.76. The van der Waals surface area contributed by atoms with Gasteiger partial charge in [0.25, 0.3) is 0 Å². The van der Waals surface area contributed by atoms with E-state index in [-0.39, 0.29) is 5.75 Å². The molecule has 0 saturated carbocycles. The molecule has 138 valence electrons. The second kappa shape index (κ2) is 8.40. The summed E-state index contributed by atoms with van der Waals surface area (Å²) < 4.78 is 5.08. The van der Waals surface area contributed by atoms with Gasteiger partial charge in [-0.3, -0.25) is 0 Å². The van der Waals surface area contributed by atoms with Gasteiger partial charge in [-0.1, -0.05) is 24.3 Å². The number of quaternary nitrogens is 1. The quantitative estimate of drug-likeness (QED) is 0.495. The monoisotopic (exact) mass is 363 g/mol. The Morgan fingerprint density at radius 2 is 1.59 bits per heavy atom. The number of nitrogens with one attached hydrogen (secondary N) is 1. The zero-order chi connectivity index (χ0) is 19.2. The third-order valence-electron chi connectivity index (χ3n) is 4.17. The zero-order valence-corrected chi connectivity index (χ0v) is 15.0. The molecule has 0 bridgehead atoms. The number of ether oxygens (including phenoxy) is 1. The van der Waals surface area contributed by atoms with Crippen LogP contribution in [-0.4, -0.2) is 12.2 Å². The number of hydrogen-bond donors (Lipinski definition) is 2. The Bertz CT molecular complexity index is 905. The van der Waals surface area contributed by atoms with Gasteiger partial charge in [0.15, 0.2) is 11.4 Å². The van der Waals surface area contributed by atoms with E-state index in [2.05, 4.69) is 6.58 Å². The highest BCUT2D eigenvalue weighted by Gasteiger charge is 2.08. The van der Waals surface area contributed by atoms with Crippen LogP contribution in [0.3, 0.4) is 0 Å². The fourth-order valence-corrected chi connectivity index (χ4v) is 2.69. The van der Waals surface area contributed by atoms with Gasteiger partial charge in [-0.05, 0) is 59.5 Å². The molecule has 0 aliphatic carbocycles. The van der Waals surface area contributed by atoms with Crippen molar-refractivity contribution in [3.05, 3.63) is 90.2 Å². The largest absolute Gasteiger partial charge is 0.585 e. The van der Waals surface area contributed by atoms with Gasteiger partial charge in [-0.15, -0.1) is 11.8 Å². The molecule has 0 aliphatic rings. The number of methoxy groups -OCH3 is 1. The van der Waals surface area contributed by atoms with Gasteiger partial charge in [0.1, 0.15) is 11.5 Å². The Morgan fingerprint density at radius 1 is 0.963 bits per heavy atom. The van der Waals surface area contributed by atoms with Crippen molar-refractivity contribution in [2.24, 2.45) is 0 Å². The van der Waals surface area contributed by atoms with Crippen molar-refractivity contribution in [3.8, 4) is 28.4 Å². The first-order chi connectivity index (χ1) is 13.1. The van der Waals surface area contributed by atoms with Crippen LogP contribution in [0.25, 0.3) is 11.1 Å². The molecule has 0 aromatic heterocycles. The summed E-state index contributed by atoms with van der Waals surface area (Å²) in [6.07, 6.45) is 2.35. The Labute approximate surface area is 158 Å². The van der Waals surface area contributed by atoms with Crippen molar-refractivity contribution < 1.29 is 19.9 Å². The van der Waals surface area contributed by atoms with Gasteiger partial charge in [0.05, 0.1) is 7.11 Å². The lowest BCUT2D eigenvalue weighted by Crippen LogP contribution is -3.04. The molecule has 3 rings (SSSR count). The van der Waals surface area contributed by atoms with Crippen molar-refractivity contribution >= 4 is 5.69 Å². The number of phenols is 1. The molecule has 3 aromatic carbocycles. The molecule has 0 spiro atoms. The zero-order valence-electron chi connectivity index (χ0n) is 15.0. The molecule has 2 N–H and O–H groups in total. The summed E-state index contributed by atoms with van der Waals surface area (Å²) in [6.45, 7) is 3.71. The van der Waals surface area contributed by atoms with E-state index in [1.165, 1.54) is 0 Å². The molecule has 27 heavy (non-hydrogen) atoms. The molecule has 5 nitrogen and oxygen atoms in total. The average molecular weight is 363 g/mol. The van der Waals surface area contributed by atoms with E-state index >= 15 is 0 Å². The van der Waals surface area contributed by atoms with Crippen LogP contribution < -0.4 is 14.8 Å². The van der Waals surface area contributed by atoms with Crippen LogP contribution in [0, 0.1) is 5.21 Å². The summed E-state index contributed by atoms with van der Waals surface area (Å²) in [4.78, 5) is 5.41. The molecule has 3 aromatic rings. The number of phenolic OH excluding ortho intramolecular Hbond substituents is 1. The highest BCUT2D eigenvalue weighted by atomic mass is 16.9. The minimum atomic E-state index is -0.427. The third-order valence-corrected chi connectivity index (χ3v) is 4.17. The van der Waals surface area contributed by atoms with E-state index in [0.29, 0.717) is 23.6 Å². The molecule has 0 heterocycles. The lowest BCUT2D eigenvalue weighted by atomic mass is 10.0. The van der Waals surface area contributed by atoms with Gasteiger partial charge in [0.2, 0.25) is 0 Å². The van der Waals surface area contributed by atoms with Crippen LogP contribution in [-0.2, 0) is 6.42 Å². The molecule has 1 unspecified atom stereocenters. The van der Waals surface area contributed by atoms with Gasteiger partial charge in [0, 0.05) is 12.1 Å². The van der Waals surface area contributed by atoms with E-state index in [0.717, 1.165) is 16.7 Å². The maximum absolute atomic E-state index is 12.2. The van der Waals surface area contributed by atoms with Crippen molar-refractivity contribution in [2.45, 2.75) is 6.42 Å². The fourth-order valence-electron chi connectivity index (χ4n) is 2.69. The van der Waals surface area contributed by atoms with E-state index < -0.39 is 5.23 Å². The first-order valence-corrected chi connectivity index (χ1v) is 8.50. The molecular weight excluding hydrogens is 342 g/mol. The van der Waals surface area contributed by atoms with E-state index in [1.807, 2.05) is 24.3 Å². The van der Waals surface area contributed by atoms with Crippen molar-refractivity contribution in [2.75, 3.05) is 7.11 Å². The summed E-state index contributed by atoms with van der Waals surface area (Å²) in [7, 11) is 1.57. The minimum absolute atomic E-state index is 0.253. The smallest absolute Gasteiger partial charge is 0.191 e. The molecule has 5 heteroatoms. The Hall–Kier alpha value is -3.28. The normalized spacial score (nSPS) is 11.6. The molecule has 0 aliphatic heterocycles. The topological polar surface area (TPSA) is 66.2 Å². The second-order valence-electron chi connectivity index (χ2n) is 5.98. The van der Waals surface area contributed by atoms with Crippen LogP contribution in [0.1, 0.15) is 5.56 Å². The van der Waals surface area contributed by atoms with Crippen molar-refractivity contribution in [1.29, 1.82) is 0 Å². The van der Waals surface area contributed by atoms with E-state index in [1.54, 1.807) is 55.7 Å². The van der Waals surface area contributed by atoms with Crippen molar-refractivity contribution in [3.63, 3.8) is 0 Å². The third kappa shape index (κ3) is 4.47. The van der Waals surface area contributed by atoms with Crippen LogP contribution >= 0.6 is 0 Å². The van der Waals surface area contributed by atoms with E-state index in [9.17, 15) is 10.3 Å². The molecule has 0 radical (unpaired) electrons. The summed E-state index contributed by atoms with van der Waals surface area (Å²) in [5, 5.41) is 21.7. The lowest BCUT2D eigenvalue weighted by molar-refractivity contribution is -0.963. The summed E-state index contributed by atoms with van der Waals surface area (Å²) in [5.74, 6) is 1.40. The summed E-state index contributed by atoms with van der Waals surface area (Å²) in [6, 6.07) is 19.4. The first-order valence-electron chi connectivity index (χ1n) is 8.50. The number of hydrogen-bond acceptors (Lipinski definition) is 4. The summed E-state index contributed by atoms with van der Waals surface area (Å²) >= 11 is 0. The summed E-state index contributed by atoms with van der Waals surface area (Å²) in [5.41, 5.74) is 3.20. The van der Waals surface area contributed by atoms with Crippen LogP contribution in [0.5, 0.6) is 17.2 Å². The molecule has 1 atom stereocenters. The first kappa shape index (κ1) is 18.5. The van der Waals surface area contributed by atoms with Crippen LogP contribution in [0.15, 0.2) is 79.4 Å². The average Bonchev–Trinajstić information content (AvgIpc) is 2.70. The maximum atomic E-state index is 12.2. The number of benzene rings is 3. The van der Waals surface area contributed by atoms with Gasteiger partial charge >= 0.3 is 0 Å². The van der Waals surface area contributed by atoms with Gasteiger partial charge in [-0.2, -0.15) is 0 Å². The fraction of sp³-hybridized carbons (Fsp3) is 0.0909. The molecule has 0 saturated heterocycles. The lowest BCUT2D eigenvalue weighted by Gasteiger charge is -2.20. The molecule has 0 amide bonds. The van der Waals surface area contributed by atoms with Crippen LogP contribution in [0.2, 0.25) is 0 Å². The number of allylic oxidation sites excluding steroid dienone is 1. The number of rotatable bonds is 7. The Balaban J connectivity index is 1.73. The van der Waals surface area contributed by atoms with E-state index in [4.69, 9.17) is 9.57 Å². The maximum Gasteiger partial charge on any atom is 0.191 e. The highest BCUT2D eigenvalue weighted by molar-refractivity contribution is 5.66. The predicted molar refractivity (Wildman–Crippen MR) is 105 cm³/mol. The molecule has 0 fully saturated rings. The highest BCUT2D eigenvalue weighted by Crippen LogP contribution is 2.27. The number of aromatic hydroxyl groups is 1. The van der Waals surface area contributed by atoms with Gasteiger partial charge < -0.3 is 19.9 Å². The van der Waals surface area contributed by atoms with Crippen LogP contribution in [0.4, 0.5) is 5.69 Å². The van der Waals surface area contributed by atoms with Gasteiger partial charge in [-0.25, -0.2) is 0 Å². The SMILES string of the molecule is C=CCc1cc(-c2ccc(O[NH+]([O-])c3ccc(OC)cc3)cc2)ccc1O. The minimum Gasteiger partial charge on any atom is -0.585 e. The second-order valence-corrected chi connectivity index (χ2v) is 5.98. The molecular formula is C22H21NO4. The Morgan fingerprint density at radius 3 is 2.22 bits per heavy atom. The predicted octanol–water partition coefficient (Wildman–Crippen LogP) is 3.80. The standard InChI is InChI=1S/C22H21NO4/c1-3-4-18-15-17(7-14-22(18)24)16-5-10-21(11-6-16)27-23(25)19-8-12-20(26-2)13-9-19/h3,5-15,23-24H,1,4H2,2H3.